The van der Waals surface area contributed by atoms with E-state index in [-0.39, 0.29) is 7.43 Å². The zero-order valence-electron chi connectivity index (χ0n) is 26.1. The quantitative estimate of drug-likeness (QED) is 0.141. The van der Waals surface area contributed by atoms with Gasteiger partial charge in [0, 0.05) is 15.6 Å². The largest absolute Gasteiger partial charge is 0.298 e. The van der Waals surface area contributed by atoms with Crippen molar-refractivity contribution in [1.82, 2.24) is 0 Å². The van der Waals surface area contributed by atoms with Crippen molar-refractivity contribution >= 4 is 33.0 Å². The lowest BCUT2D eigenvalue weighted by molar-refractivity contribution is 0.112. The molecule has 0 aromatic heterocycles. The fourth-order valence-corrected chi connectivity index (χ4v) is 3.48. The first-order valence-corrected chi connectivity index (χ1v) is 15.3. The summed E-state index contributed by atoms with van der Waals surface area (Å²) in [6.45, 7) is 16.0. The van der Waals surface area contributed by atoms with Gasteiger partial charge in [-0.25, -0.2) is 0 Å². The minimum Gasteiger partial charge on any atom is -0.298 e. The molecule has 5 aromatic rings. The molecule has 42 heavy (non-hydrogen) atoms. The highest BCUT2D eigenvalue weighted by molar-refractivity contribution is 9.10. The first-order chi connectivity index (χ1) is 20.2. The summed E-state index contributed by atoms with van der Waals surface area (Å²) >= 11 is 3.23. The minimum absolute atomic E-state index is 0. The SMILES string of the molecule is C.C#Cc1ccccc1.CC.CC.CC.CC.O=Cc1ccccc1Br.c1ccc(-c2ccc3ccccc3c2)cc1. The maximum atomic E-state index is 10.2. The molecule has 0 heterocycles. The Kier molecular flexibility index (Phi) is 30.4. The van der Waals surface area contributed by atoms with E-state index in [0.717, 1.165) is 16.3 Å². The number of fused-ring (bicyclic) bond motifs is 1. The van der Waals surface area contributed by atoms with E-state index in [0.29, 0.717) is 5.56 Å². The van der Waals surface area contributed by atoms with Crippen LogP contribution in [0.25, 0.3) is 21.9 Å². The van der Waals surface area contributed by atoms with Crippen molar-refractivity contribution in [2.24, 2.45) is 0 Å². The van der Waals surface area contributed by atoms with Crippen molar-refractivity contribution in [1.29, 1.82) is 0 Å². The molecule has 0 saturated carbocycles. The van der Waals surface area contributed by atoms with Gasteiger partial charge in [-0.1, -0.05) is 188 Å². The average molecular weight is 628 g/mol. The summed E-state index contributed by atoms with van der Waals surface area (Å²) in [6, 6.07) is 42.4. The van der Waals surface area contributed by atoms with E-state index >= 15 is 0 Å². The number of carbonyl (C=O) groups is 1. The summed E-state index contributed by atoms with van der Waals surface area (Å²) in [5.74, 6) is 2.53. The lowest BCUT2D eigenvalue weighted by atomic mass is 10.0. The summed E-state index contributed by atoms with van der Waals surface area (Å²) in [6.07, 6.45) is 5.92. The van der Waals surface area contributed by atoms with Gasteiger partial charge in [0.1, 0.15) is 0 Å². The highest BCUT2D eigenvalue weighted by Crippen LogP contribution is 2.23. The summed E-state index contributed by atoms with van der Waals surface area (Å²) in [5.41, 5.74) is 4.18. The number of terminal acetylenes is 1. The van der Waals surface area contributed by atoms with Gasteiger partial charge in [0.05, 0.1) is 0 Å². The number of hydrogen-bond acceptors (Lipinski definition) is 1. The molecule has 0 amide bonds. The summed E-state index contributed by atoms with van der Waals surface area (Å²) < 4.78 is 0.847. The van der Waals surface area contributed by atoms with E-state index in [1.54, 1.807) is 6.07 Å². The number of aldehydes is 1. The third-order valence-corrected chi connectivity index (χ3v) is 5.55. The third kappa shape index (κ3) is 17.0. The maximum absolute atomic E-state index is 10.2. The second-order valence-corrected chi connectivity index (χ2v) is 7.93. The van der Waals surface area contributed by atoms with Crippen LogP contribution in [-0.2, 0) is 0 Å². The lowest BCUT2D eigenvalue weighted by Crippen LogP contribution is -1.78. The van der Waals surface area contributed by atoms with Gasteiger partial charge in [-0.05, 0) is 46.2 Å². The van der Waals surface area contributed by atoms with E-state index < -0.39 is 0 Å². The molecule has 224 valence electrons. The van der Waals surface area contributed by atoms with Gasteiger partial charge < -0.3 is 0 Å². The first kappa shape index (κ1) is 42.5. The van der Waals surface area contributed by atoms with Crippen LogP contribution in [0.2, 0.25) is 0 Å². The molecule has 0 radical (unpaired) electrons. The molecular formula is C40H51BrO. The smallest absolute Gasteiger partial charge is 0.151 e. The molecule has 0 spiro atoms. The monoisotopic (exact) mass is 626 g/mol. The van der Waals surface area contributed by atoms with Crippen LogP contribution in [0.5, 0.6) is 0 Å². The predicted octanol–water partition coefficient (Wildman–Crippen LogP) is 13.2. The summed E-state index contributed by atoms with van der Waals surface area (Å²) in [7, 11) is 0. The number of hydrogen-bond donors (Lipinski definition) is 0. The number of benzene rings is 5. The van der Waals surface area contributed by atoms with E-state index in [2.05, 4.69) is 88.6 Å². The third-order valence-electron chi connectivity index (χ3n) is 4.83. The van der Waals surface area contributed by atoms with Crippen LogP contribution < -0.4 is 0 Å². The van der Waals surface area contributed by atoms with E-state index in [1.165, 1.54) is 21.9 Å². The van der Waals surface area contributed by atoms with Crippen LogP contribution in [0.3, 0.4) is 0 Å². The summed E-state index contributed by atoms with van der Waals surface area (Å²) in [4.78, 5) is 10.2. The Morgan fingerprint density at radius 2 is 1.00 bits per heavy atom. The Balaban J connectivity index is -0.000000507. The van der Waals surface area contributed by atoms with Gasteiger partial charge in [-0.15, -0.1) is 6.42 Å². The van der Waals surface area contributed by atoms with Gasteiger partial charge >= 0.3 is 0 Å². The molecule has 0 atom stereocenters. The Hall–Kier alpha value is -3.93. The molecule has 5 rings (SSSR count). The standard InChI is InChI=1S/C16H12.C8H6.C7H5BrO.4C2H6.CH4/c1-2-6-13(7-3-1)16-11-10-14-8-4-5-9-15(14)12-16;1-2-8-6-4-3-5-7-8;8-7-4-2-1-3-6(7)5-9;4*1-2;/h1-12H;1,3-7H;1-5H;4*1-2H3;1H4. The van der Waals surface area contributed by atoms with Crippen molar-refractivity contribution in [3.63, 3.8) is 0 Å². The van der Waals surface area contributed by atoms with Gasteiger partial charge in [-0.3, -0.25) is 4.79 Å². The molecule has 2 heteroatoms. The molecule has 5 aromatic carbocycles. The van der Waals surface area contributed by atoms with E-state index in [9.17, 15) is 4.79 Å². The first-order valence-electron chi connectivity index (χ1n) is 14.5. The summed E-state index contributed by atoms with van der Waals surface area (Å²) in [5, 5.41) is 2.59. The molecular weight excluding hydrogens is 576 g/mol. The van der Waals surface area contributed by atoms with Gasteiger partial charge in [-0.2, -0.15) is 0 Å². The molecule has 0 aliphatic rings. The zero-order valence-corrected chi connectivity index (χ0v) is 27.7. The molecule has 0 fully saturated rings. The van der Waals surface area contributed by atoms with Crippen molar-refractivity contribution in [3.05, 3.63) is 143 Å². The number of rotatable bonds is 2. The molecule has 0 aliphatic carbocycles. The van der Waals surface area contributed by atoms with Gasteiger partial charge in [0.2, 0.25) is 0 Å². The predicted molar refractivity (Wildman–Crippen MR) is 195 cm³/mol. The second-order valence-electron chi connectivity index (χ2n) is 7.08. The number of halogens is 1. The lowest BCUT2D eigenvalue weighted by Gasteiger charge is -2.03. The topological polar surface area (TPSA) is 17.1 Å². The average Bonchev–Trinajstić information content (AvgIpc) is 3.10. The fourth-order valence-electron chi connectivity index (χ4n) is 3.10. The highest BCUT2D eigenvalue weighted by atomic mass is 79.9. The van der Waals surface area contributed by atoms with Crippen LogP contribution in [0.4, 0.5) is 0 Å². The van der Waals surface area contributed by atoms with Crippen LogP contribution >= 0.6 is 15.9 Å². The minimum atomic E-state index is 0. The Labute approximate surface area is 266 Å². The van der Waals surface area contributed by atoms with Gasteiger partial charge in [0.15, 0.2) is 6.29 Å². The Bertz CT molecular complexity index is 1340. The van der Waals surface area contributed by atoms with E-state index in [1.807, 2.05) is 110 Å². The normalized spacial score (nSPS) is 8.00. The van der Waals surface area contributed by atoms with Crippen LogP contribution in [0.1, 0.15) is 78.7 Å². The molecule has 0 N–H and O–H groups in total. The van der Waals surface area contributed by atoms with Crippen molar-refractivity contribution in [2.75, 3.05) is 0 Å². The van der Waals surface area contributed by atoms with Crippen molar-refractivity contribution < 1.29 is 4.79 Å². The fraction of sp³-hybridized carbons (Fsp3) is 0.225. The highest BCUT2D eigenvalue weighted by Gasteiger charge is 1.98. The van der Waals surface area contributed by atoms with Crippen LogP contribution in [0.15, 0.2) is 132 Å². The second kappa shape index (κ2) is 30.0. The number of carbonyl (C=O) groups excluding carboxylic acids is 1. The Morgan fingerprint density at radius 3 is 1.45 bits per heavy atom. The molecule has 0 saturated heterocycles. The zero-order chi connectivity index (χ0) is 31.3. The van der Waals surface area contributed by atoms with Crippen molar-refractivity contribution in [2.45, 2.75) is 62.8 Å². The molecule has 0 aliphatic heterocycles. The molecule has 1 nitrogen and oxygen atoms in total. The van der Waals surface area contributed by atoms with Crippen LogP contribution in [-0.4, -0.2) is 6.29 Å². The van der Waals surface area contributed by atoms with Gasteiger partial charge in [0.25, 0.3) is 0 Å². The van der Waals surface area contributed by atoms with Crippen molar-refractivity contribution in [3.8, 4) is 23.5 Å². The van der Waals surface area contributed by atoms with Crippen LogP contribution in [0, 0.1) is 12.3 Å². The molecule has 0 bridgehead atoms. The maximum Gasteiger partial charge on any atom is 0.151 e. The Morgan fingerprint density at radius 1 is 0.548 bits per heavy atom. The van der Waals surface area contributed by atoms with E-state index in [4.69, 9.17) is 6.42 Å². The molecule has 0 unspecified atom stereocenters.